The number of furan rings is 1. The second-order valence-corrected chi connectivity index (χ2v) is 3.00. The third kappa shape index (κ3) is 2.32. The highest BCUT2D eigenvalue weighted by molar-refractivity contribution is 5.70. The fraction of sp³-hybridized carbons (Fsp3) is 0.444. The molecule has 13 heavy (non-hydrogen) atoms. The van der Waals surface area contributed by atoms with Crippen molar-refractivity contribution >= 4 is 5.97 Å². The number of methoxy groups -OCH3 is 1. The van der Waals surface area contributed by atoms with Crippen molar-refractivity contribution < 1.29 is 19.1 Å². The molecule has 1 N–H and O–H groups in total. The lowest BCUT2D eigenvalue weighted by molar-refractivity contribution is -0.146. The standard InChI is InChI=1S/C9H12O4/c1-9(11,6-8(10)12-2)7-4-3-5-13-7/h3-5,11H,6H2,1-2H3/t9-/m1/s1. The number of hydrogen-bond donors (Lipinski definition) is 1. The number of hydrogen-bond acceptors (Lipinski definition) is 4. The summed E-state index contributed by atoms with van der Waals surface area (Å²) in [6.45, 7) is 1.50. The Bertz CT molecular complexity index is 274. The van der Waals surface area contributed by atoms with Crippen molar-refractivity contribution in [3.63, 3.8) is 0 Å². The number of ether oxygens (including phenoxy) is 1. The third-order valence-corrected chi connectivity index (χ3v) is 1.77. The molecule has 4 nitrogen and oxygen atoms in total. The lowest BCUT2D eigenvalue weighted by Gasteiger charge is -2.18. The van der Waals surface area contributed by atoms with Crippen LogP contribution in [0.3, 0.4) is 0 Å². The average molecular weight is 184 g/mol. The lowest BCUT2D eigenvalue weighted by Crippen LogP contribution is -2.25. The van der Waals surface area contributed by atoms with Gasteiger partial charge in [-0.25, -0.2) is 0 Å². The molecule has 4 heteroatoms. The van der Waals surface area contributed by atoms with Crippen molar-refractivity contribution in [3.8, 4) is 0 Å². The van der Waals surface area contributed by atoms with Crippen molar-refractivity contribution in [2.45, 2.75) is 18.9 Å². The maximum absolute atomic E-state index is 10.9. The van der Waals surface area contributed by atoms with E-state index in [0.717, 1.165) is 0 Å². The summed E-state index contributed by atoms with van der Waals surface area (Å²) in [5.74, 6) is -0.112. The predicted octanol–water partition coefficient (Wildman–Crippen LogP) is 1.05. The molecule has 0 radical (unpaired) electrons. The van der Waals surface area contributed by atoms with E-state index >= 15 is 0 Å². The summed E-state index contributed by atoms with van der Waals surface area (Å²) in [6.07, 6.45) is 1.33. The van der Waals surface area contributed by atoms with Gasteiger partial charge < -0.3 is 14.3 Å². The van der Waals surface area contributed by atoms with Gasteiger partial charge in [0.1, 0.15) is 11.4 Å². The topological polar surface area (TPSA) is 59.7 Å². The monoisotopic (exact) mass is 184 g/mol. The van der Waals surface area contributed by atoms with Crippen molar-refractivity contribution in [1.29, 1.82) is 0 Å². The van der Waals surface area contributed by atoms with E-state index in [2.05, 4.69) is 4.74 Å². The largest absolute Gasteiger partial charge is 0.469 e. The molecule has 0 spiro atoms. The molecule has 0 aliphatic heterocycles. The molecule has 0 aliphatic rings. The highest BCUT2D eigenvalue weighted by Gasteiger charge is 2.29. The van der Waals surface area contributed by atoms with Crippen LogP contribution >= 0.6 is 0 Å². The van der Waals surface area contributed by atoms with Crippen LogP contribution in [0.25, 0.3) is 0 Å². The normalized spacial score (nSPS) is 15.0. The van der Waals surface area contributed by atoms with Gasteiger partial charge in [0.05, 0.1) is 19.8 Å². The Hall–Kier alpha value is -1.29. The fourth-order valence-corrected chi connectivity index (χ4v) is 1.03. The number of carbonyl (C=O) groups excluding carboxylic acids is 1. The van der Waals surface area contributed by atoms with Gasteiger partial charge in [-0.2, -0.15) is 0 Å². The molecular formula is C9H12O4. The van der Waals surface area contributed by atoms with E-state index in [1.807, 2.05) is 0 Å². The maximum atomic E-state index is 10.9. The molecular weight excluding hydrogens is 172 g/mol. The van der Waals surface area contributed by atoms with Gasteiger partial charge in [0.15, 0.2) is 0 Å². The van der Waals surface area contributed by atoms with Crippen molar-refractivity contribution in [2.24, 2.45) is 0 Å². The van der Waals surface area contributed by atoms with Gasteiger partial charge in [-0.15, -0.1) is 0 Å². The van der Waals surface area contributed by atoms with Crippen LogP contribution in [-0.4, -0.2) is 18.2 Å². The maximum Gasteiger partial charge on any atom is 0.308 e. The summed E-state index contributed by atoms with van der Waals surface area (Å²) in [4.78, 5) is 10.9. The molecule has 1 heterocycles. The first-order valence-electron chi connectivity index (χ1n) is 3.89. The minimum absolute atomic E-state index is 0.114. The minimum atomic E-state index is -1.30. The molecule has 0 amide bonds. The van der Waals surface area contributed by atoms with E-state index < -0.39 is 11.6 Å². The first-order valence-corrected chi connectivity index (χ1v) is 3.89. The van der Waals surface area contributed by atoms with E-state index in [-0.39, 0.29) is 6.42 Å². The van der Waals surface area contributed by atoms with E-state index in [1.54, 1.807) is 12.1 Å². The highest BCUT2D eigenvalue weighted by Crippen LogP contribution is 2.24. The Balaban J connectivity index is 2.72. The van der Waals surface area contributed by atoms with Gasteiger partial charge in [0.2, 0.25) is 0 Å². The van der Waals surface area contributed by atoms with Crippen LogP contribution in [0.2, 0.25) is 0 Å². The van der Waals surface area contributed by atoms with Crippen LogP contribution in [0.5, 0.6) is 0 Å². The summed E-state index contributed by atoms with van der Waals surface area (Å²) in [5, 5.41) is 9.78. The summed E-state index contributed by atoms with van der Waals surface area (Å²) < 4.78 is 9.43. The second-order valence-electron chi connectivity index (χ2n) is 3.00. The zero-order valence-electron chi connectivity index (χ0n) is 7.61. The number of esters is 1. The van der Waals surface area contributed by atoms with Gasteiger partial charge in [0.25, 0.3) is 0 Å². The van der Waals surface area contributed by atoms with Gasteiger partial charge in [0, 0.05) is 0 Å². The molecule has 0 aliphatic carbocycles. The number of carbonyl (C=O) groups is 1. The molecule has 0 saturated heterocycles. The van der Waals surface area contributed by atoms with Gasteiger partial charge in [-0.1, -0.05) is 0 Å². The summed E-state index contributed by atoms with van der Waals surface area (Å²) >= 11 is 0. The minimum Gasteiger partial charge on any atom is -0.469 e. The van der Waals surface area contributed by atoms with E-state index in [9.17, 15) is 9.90 Å². The molecule has 1 atom stereocenters. The lowest BCUT2D eigenvalue weighted by atomic mass is 10.00. The van der Waals surface area contributed by atoms with Crippen LogP contribution in [0.15, 0.2) is 22.8 Å². The zero-order valence-corrected chi connectivity index (χ0v) is 7.61. The second kappa shape index (κ2) is 3.62. The molecule has 0 aromatic carbocycles. The Morgan fingerprint density at radius 3 is 2.92 bits per heavy atom. The van der Waals surface area contributed by atoms with Crippen molar-refractivity contribution in [1.82, 2.24) is 0 Å². The Kier molecular flexibility index (Phi) is 2.72. The fourth-order valence-electron chi connectivity index (χ4n) is 1.03. The van der Waals surface area contributed by atoms with Crippen LogP contribution < -0.4 is 0 Å². The zero-order chi connectivity index (χ0) is 9.90. The average Bonchev–Trinajstić information content (AvgIpc) is 2.55. The van der Waals surface area contributed by atoms with Crippen LogP contribution in [0.4, 0.5) is 0 Å². The molecule has 1 aromatic rings. The van der Waals surface area contributed by atoms with E-state index in [4.69, 9.17) is 4.42 Å². The first kappa shape index (κ1) is 9.80. The Morgan fingerprint density at radius 2 is 2.46 bits per heavy atom. The van der Waals surface area contributed by atoms with Crippen molar-refractivity contribution in [3.05, 3.63) is 24.2 Å². The number of rotatable bonds is 3. The molecule has 1 aromatic heterocycles. The molecule has 0 unspecified atom stereocenters. The van der Waals surface area contributed by atoms with Gasteiger partial charge >= 0.3 is 5.97 Å². The van der Waals surface area contributed by atoms with E-state index in [0.29, 0.717) is 5.76 Å². The molecule has 0 saturated carbocycles. The van der Waals surface area contributed by atoms with Crippen LogP contribution in [0, 0.1) is 0 Å². The van der Waals surface area contributed by atoms with Crippen LogP contribution in [0.1, 0.15) is 19.1 Å². The smallest absolute Gasteiger partial charge is 0.308 e. The van der Waals surface area contributed by atoms with Gasteiger partial charge in [-0.05, 0) is 19.1 Å². The van der Waals surface area contributed by atoms with Gasteiger partial charge in [-0.3, -0.25) is 4.79 Å². The molecule has 0 fully saturated rings. The van der Waals surface area contributed by atoms with Crippen LogP contribution in [-0.2, 0) is 15.1 Å². The molecule has 1 rings (SSSR count). The summed E-state index contributed by atoms with van der Waals surface area (Å²) in [6, 6.07) is 3.27. The predicted molar refractivity (Wildman–Crippen MR) is 44.9 cm³/mol. The third-order valence-electron chi connectivity index (χ3n) is 1.77. The molecule has 0 bridgehead atoms. The van der Waals surface area contributed by atoms with Crippen molar-refractivity contribution in [2.75, 3.05) is 7.11 Å². The SMILES string of the molecule is COC(=O)C[C@@](C)(O)c1ccco1. The number of aliphatic hydroxyl groups is 1. The van der Waals surface area contributed by atoms with E-state index in [1.165, 1.54) is 20.3 Å². The Morgan fingerprint density at radius 1 is 1.77 bits per heavy atom. The highest BCUT2D eigenvalue weighted by atomic mass is 16.5. The summed E-state index contributed by atoms with van der Waals surface area (Å²) in [5.41, 5.74) is -1.30. The molecule has 72 valence electrons. The quantitative estimate of drug-likeness (QED) is 0.713. The first-order chi connectivity index (χ1) is 6.06. The summed E-state index contributed by atoms with van der Waals surface area (Å²) in [7, 11) is 1.28. The Labute approximate surface area is 76.1 Å².